The molecule has 0 aliphatic carbocycles. The van der Waals surface area contributed by atoms with Crippen molar-refractivity contribution in [1.82, 2.24) is 14.4 Å². The van der Waals surface area contributed by atoms with Gasteiger partial charge in [0.25, 0.3) is 0 Å². The first-order valence-corrected chi connectivity index (χ1v) is 8.95. The summed E-state index contributed by atoms with van der Waals surface area (Å²) in [6, 6.07) is 8.01. The molecule has 7 nitrogen and oxygen atoms in total. The summed E-state index contributed by atoms with van der Waals surface area (Å²) in [4.78, 5) is 4.55. The van der Waals surface area contributed by atoms with Gasteiger partial charge < -0.3 is 9.26 Å². The van der Waals surface area contributed by atoms with E-state index in [1.165, 1.54) is 4.31 Å². The third-order valence-corrected chi connectivity index (χ3v) is 5.77. The average molecular weight is 337 g/mol. The first-order chi connectivity index (χ1) is 11.1. The molecule has 1 fully saturated rings. The van der Waals surface area contributed by atoms with E-state index in [9.17, 15) is 8.42 Å². The van der Waals surface area contributed by atoms with Gasteiger partial charge in [-0.15, -0.1) is 0 Å². The van der Waals surface area contributed by atoms with Gasteiger partial charge in [-0.3, -0.25) is 0 Å². The number of benzene rings is 1. The highest BCUT2D eigenvalue weighted by Gasteiger charge is 2.37. The summed E-state index contributed by atoms with van der Waals surface area (Å²) >= 11 is 0. The molecule has 23 heavy (non-hydrogen) atoms. The molecule has 1 aliphatic heterocycles. The zero-order valence-corrected chi connectivity index (χ0v) is 13.7. The molecule has 0 amide bonds. The van der Waals surface area contributed by atoms with Gasteiger partial charge in [-0.05, 0) is 25.0 Å². The Kier molecular flexibility index (Phi) is 4.74. The van der Waals surface area contributed by atoms with Crippen LogP contribution in [0.15, 0.2) is 39.8 Å². The maximum absolute atomic E-state index is 12.9. The molecule has 1 aromatic carbocycles. The van der Waals surface area contributed by atoms with Gasteiger partial charge in [-0.2, -0.15) is 9.29 Å². The van der Waals surface area contributed by atoms with Crippen LogP contribution >= 0.6 is 0 Å². The summed E-state index contributed by atoms with van der Waals surface area (Å²) in [5.74, 6) is 0.751. The number of ether oxygens (including phenoxy) is 1. The fourth-order valence-corrected chi connectivity index (χ4v) is 4.43. The molecule has 1 atom stereocenters. The van der Waals surface area contributed by atoms with E-state index in [1.807, 2.05) is 0 Å². The van der Waals surface area contributed by atoms with Crippen molar-refractivity contribution in [2.75, 3.05) is 13.7 Å². The number of rotatable bonds is 5. The van der Waals surface area contributed by atoms with Crippen molar-refractivity contribution in [2.45, 2.75) is 36.8 Å². The Morgan fingerprint density at radius 2 is 2.09 bits per heavy atom. The molecule has 3 rings (SSSR count). The van der Waals surface area contributed by atoms with Crippen LogP contribution in [0.2, 0.25) is 0 Å². The Bertz CT molecular complexity index is 745. The molecule has 2 heterocycles. The quantitative estimate of drug-likeness (QED) is 0.831. The van der Waals surface area contributed by atoms with Crippen LogP contribution < -0.4 is 0 Å². The SMILES string of the molecule is COCc1noc(C2CCCCN2S(=O)(=O)c2ccccc2)n1. The van der Waals surface area contributed by atoms with Crippen LogP contribution in [0.5, 0.6) is 0 Å². The van der Waals surface area contributed by atoms with Crippen LogP contribution in [0.3, 0.4) is 0 Å². The topological polar surface area (TPSA) is 85.5 Å². The molecular weight excluding hydrogens is 318 g/mol. The fraction of sp³-hybridized carbons (Fsp3) is 0.467. The van der Waals surface area contributed by atoms with Gasteiger partial charge in [0.15, 0.2) is 5.82 Å². The largest absolute Gasteiger partial charge is 0.377 e. The standard InChI is InChI=1S/C15H19N3O4S/c1-21-11-14-16-15(22-17-14)13-9-5-6-10-18(13)23(19,20)12-7-3-2-4-8-12/h2-4,7-8,13H,5-6,9-11H2,1H3. The second-order valence-electron chi connectivity index (χ2n) is 5.42. The lowest BCUT2D eigenvalue weighted by Gasteiger charge is -2.32. The number of piperidine rings is 1. The predicted octanol–water partition coefficient (Wildman–Crippen LogP) is 2.13. The van der Waals surface area contributed by atoms with Crippen molar-refractivity contribution in [1.29, 1.82) is 0 Å². The van der Waals surface area contributed by atoms with E-state index in [2.05, 4.69) is 10.1 Å². The molecule has 2 aromatic rings. The van der Waals surface area contributed by atoms with Crippen molar-refractivity contribution in [2.24, 2.45) is 0 Å². The van der Waals surface area contributed by atoms with Crippen molar-refractivity contribution in [3.63, 3.8) is 0 Å². The molecule has 0 radical (unpaired) electrons. The number of hydrogen-bond acceptors (Lipinski definition) is 6. The van der Waals surface area contributed by atoms with Gasteiger partial charge >= 0.3 is 0 Å². The number of nitrogens with zero attached hydrogens (tertiary/aromatic N) is 3. The molecule has 0 bridgehead atoms. The highest BCUT2D eigenvalue weighted by molar-refractivity contribution is 7.89. The number of aromatic nitrogens is 2. The fourth-order valence-electron chi connectivity index (χ4n) is 2.76. The highest BCUT2D eigenvalue weighted by Crippen LogP contribution is 2.34. The molecule has 0 saturated carbocycles. The minimum Gasteiger partial charge on any atom is -0.377 e. The summed E-state index contributed by atoms with van der Waals surface area (Å²) in [5, 5.41) is 3.84. The third-order valence-electron chi connectivity index (χ3n) is 3.85. The van der Waals surface area contributed by atoms with Gasteiger partial charge in [0.2, 0.25) is 15.9 Å². The maximum atomic E-state index is 12.9. The second kappa shape index (κ2) is 6.77. The summed E-state index contributed by atoms with van der Waals surface area (Å²) in [6.07, 6.45) is 2.41. The summed E-state index contributed by atoms with van der Waals surface area (Å²) < 4.78 is 37.5. The average Bonchev–Trinajstić information content (AvgIpc) is 3.05. The normalized spacial score (nSPS) is 19.8. The molecule has 1 unspecified atom stereocenters. The Labute approximate surface area is 135 Å². The first-order valence-electron chi connectivity index (χ1n) is 7.51. The molecule has 0 spiro atoms. The Hall–Kier alpha value is -1.77. The molecule has 1 saturated heterocycles. The Morgan fingerprint density at radius 3 is 2.83 bits per heavy atom. The van der Waals surface area contributed by atoms with Gasteiger partial charge in [0, 0.05) is 13.7 Å². The summed E-state index contributed by atoms with van der Waals surface area (Å²) in [5.41, 5.74) is 0. The molecular formula is C15H19N3O4S. The van der Waals surface area contributed by atoms with Crippen LogP contribution in [-0.4, -0.2) is 36.5 Å². The lowest BCUT2D eigenvalue weighted by molar-refractivity contribution is 0.173. The van der Waals surface area contributed by atoms with E-state index in [4.69, 9.17) is 9.26 Å². The van der Waals surface area contributed by atoms with E-state index < -0.39 is 16.1 Å². The number of methoxy groups -OCH3 is 1. The smallest absolute Gasteiger partial charge is 0.245 e. The van der Waals surface area contributed by atoms with Crippen molar-refractivity contribution in [3.8, 4) is 0 Å². The van der Waals surface area contributed by atoms with Crippen LogP contribution in [0.1, 0.15) is 37.0 Å². The Morgan fingerprint density at radius 1 is 1.30 bits per heavy atom. The number of sulfonamides is 1. The first kappa shape index (κ1) is 16.1. The van der Waals surface area contributed by atoms with Crippen molar-refractivity contribution >= 4 is 10.0 Å². The van der Waals surface area contributed by atoms with E-state index in [1.54, 1.807) is 37.4 Å². The minimum absolute atomic E-state index is 0.238. The number of hydrogen-bond donors (Lipinski definition) is 0. The third kappa shape index (κ3) is 3.29. The zero-order chi connectivity index (χ0) is 16.3. The van der Waals surface area contributed by atoms with Gasteiger partial charge in [0.05, 0.1) is 4.90 Å². The summed E-state index contributed by atoms with van der Waals surface area (Å²) in [6.45, 7) is 0.686. The molecule has 1 aliphatic rings. The summed E-state index contributed by atoms with van der Waals surface area (Å²) in [7, 11) is -2.04. The van der Waals surface area contributed by atoms with Crippen LogP contribution in [0.25, 0.3) is 0 Å². The molecule has 124 valence electrons. The predicted molar refractivity (Wildman–Crippen MR) is 81.9 cm³/mol. The minimum atomic E-state index is -3.59. The monoisotopic (exact) mass is 337 g/mol. The van der Waals surface area contributed by atoms with Gasteiger partial charge in [-0.25, -0.2) is 8.42 Å². The van der Waals surface area contributed by atoms with E-state index >= 15 is 0 Å². The van der Waals surface area contributed by atoms with Crippen LogP contribution in [0.4, 0.5) is 0 Å². The van der Waals surface area contributed by atoms with E-state index in [-0.39, 0.29) is 11.5 Å². The van der Waals surface area contributed by atoms with Gasteiger partial charge in [-0.1, -0.05) is 29.8 Å². The lowest BCUT2D eigenvalue weighted by atomic mass is 10.1. The molecule has 8 heteroatoms. The highest BCUT2D eigenvalue weighted by atomic mass is 32.2. The Balaban J connectivity index is 1.92. The zero-order valence-electron chi connectivity index (χ0n) is 12.9. The van der Waals surface area contributed by atoms with Gasteiger partial charge in [0.1, 0.15) is 12.6 Å². The molecule has 1 aromatic heterocycles. The van der Waals surface area contributed by atoms with E-state index in [0.717, 1.165) is 12.8 Å². The molecule has 0 N–H and O–H groups in total. The lowest BCUT2D eigenvalue weighted by Crippen LogP contribution is -2.38. The van der Waals surface area contributed by atoms with Crippen molar-refractivity contribution in [3.05, 3.63) is 42.0 Å². The second-order valence-corrected chi connectivity index (χ2v) is 7.31. The van der Waals surface area contributed by atoms with Crippen molar-refractivity contribution < 1.29 is 17.7 Å². The van der Waals surface area contributed by atoms with E-state index in [0.29, 0.717) is 24.7 Å². The van der Waals surface area contributed by atoms with Crippen LogP contribution in [-0.2, 0) is 21.4 Å². The van der Waals surface area contributed by atoms with Crippen LogP contribution in [0, 0.1) is 0 Å². The maximum Gasteiger partial charge on any atom is 0.245 e.